The van der Waals surface area contributed by atoms with Crippen molar-refractivity contribution in [2.75, 3.05) is 0 Å². The highest BCUT2D eigenvalue weighted by atomic mass is 79.9. The van der Waals surface area contributed by atoms with Crippen LogP contribution in [0.5, 0.6) is 0 Å². The average Bonchev–Trinajstić information content (AvgIpc) is 3.16. The highest BCUT2D eigenvalue weighted by Gasteiger charge is 2.59. The number of hydrogen-bond donors (Lipinski definition) is 0. The number of hydrazone groups is 1. The fraction of sp³-hybridized carbons (Fsp3) is 0.353. The summed E-state index contributed by atoms with van der Waals surface area (Å²) in [5.41, 5.74) is 1.99. The van der Waals surface area contributed by atoms with E-state index in [9.17, 15) is 9.59 Å². The molecular formula is C17H15BrN2O2. The Bertz CT molecular complexity index is 710. The molecule has 2 aliphatic carbocycles. The Kier molecular flexibility index (Phi) is 3.08. The molecule has 2 amide bonds. The molecule has 112 valence electrons. The minimum absolute atomic E-state index is 0.144. The normalized spacial score (nSPS) is 32.5. The number of imide groups is 1. The number of hydrogen-bond acceptors (Lipinski definition) is 3. The van der Waals surface area contributed by atoms with Gasteiger partial charge >= 0.3 is 0 Å². The summed E-state index contributed by atoms with van der Waals surface area (Å²) in [6.45, 7) is 2.00. The van der Waals surface area contributed by atoms with Crippen molar-refractivity contribution in [3.05, 3.63) is 46.0 Å². The van der Waals surface area contributed by atoms with Crippen molar-refractivity contribution in [1.29, 1.82) is 0 Å². The minimum atomic E-state index is -0.190. The first kappa shape index (κ1) is 13.9. The van der Waals surface area contributed by atoms with Crippen LogP contribution in [0, 0.1) is 30.6 Å². The molecule has 1 aromatic rings. The predicted octanol–water partition coefficient (Wildman–Crippen LogP) is 2.90. The first-order chi connectivity index (χ1) is 10.6. The van der Waals surface area contributed by atoms with Crippen LogP contribution in [0.4, 0.5) is 0 Å². The Morgan fingerprint density at radius 3 is 2.41 bits per heavy atom. The van der Waals surface area contributed by atoms with Crippen LogP contribution in [0.2, 0.25) is 0 Å². The number of fused-ring (bicyclic) bond motifs is 5. The van der Waals surface area contributed by atoms with Gasteiger partial charge in [0.05, 0.1) is 18.1 Å². The van der Waals surface area contributed by atoms with Crippen molar-refractivity contribution in [2.45, 2.75) is 13.3 Å². The zero-order chi connectivity index (χ0) is 15.4. The number of carbonyl (C=O) groups is 2. The van der Waals surface area contributed by atoms with Crippen LogP contribution in [0.25, 0.3) is 0 Å². The van der Waals surface area contributed by atoms with Crippen molar-refractivity contribution in [3.8, 4) is 0 Å². The Hall–Kier alpha value is -1.75. The number of carbonyl (C=O) groups excluding carboxylic acids is 2. The molecule has 1 heterocycles. The molecule has 1 saturated heterocycles. The molecule has 2 fully saturated rings. The average molecular weight is 359 g/mol. The summed E-state index contributed by atoms with van der Waals surface area (Å²) >= 11 is 3.47. The molecule has 5 heteroatoms. The van der Waals surface area contributed by atoms with Gasteiger partial charge in [0.1, 0.15) is 0 Å². The van der Waals surface area contributed by atoms with Crippen LogP contribution in [0.1, 0.15) is 17.5 Å². The second-order valence-electron chi connectivity index (χ2n) is 6.24. The zero-order valence-electron chi connectivity index (χ0n) is 12.1. The number of allylic oxidation sites excluding steroid dienone is 2. The van der Waals surface area contributed by atoms with Crippen LogP contribution >= 0.6 is 15.9 Å². The lowest BCUT2D eigenvalue weighted by Crippen LogP contribution is -2.28. The van der Waals surface area contributed by atoms with Gasteiger partial charge in [0.15, 0.2) is 0 Å². The maximum atomic E-state index is 12.5. The summed E-state index contributed by atoms with van der Waals surface area (Å²) in [5, 5.41) is 5.24. The summed E-state index contributed by atoms with van der Waals surface area (Å²) in [6.07, 6.45) is 6.69. The molecule has 1 saturated carbocycles. The standard InChI is InChI=1S/C17H15BrN2O2/c1-9-2-3-10(6-13(9)18)8-19-20-16(21)14-11-4-5-12(7-11)15(14)17(20)22/h2-6,8,11-12,14-15H,7H2,1H3/b19-8-/t11-,12-,14+,15+/m0/s1. The quantitative estimate of drug-likeness (QED) is 0.463. The Morgan fingerprint density at radius 2 is 1.82 bits per heavy atom. The first-order valence-corrected chi connectivity index (χ1v) is 8.22. The van der Waals surface area contributed by atoms with Crippen molar-refractivity contribution in [2.24, 2.45) is 28.8 Å². The third kappa shape index (κ3) is 1.92. The second kappa shape index (κ2) is 4.88. The van der Waals surface area contributed by atoms with E-state index in [-0.39, 0.29) is 35.5 Å². The molecule has 2 bridgehead atoms. The number of halogens is 1. The van der Waals surface area contributed by atoms with Gasteiger partial charge in [-0.05, 0) is 42.4 Å². The Balaban J connectivity index is 1.59. The molecule has 0 radical (unpaired) electrons. The number of amides is 2. The van der Waals surface area contributed by atoms with E-state index < -0.39 is 0 Å². The molecule has 22 heavy (non-hydrogen) atoms. The van der Waals surface area contributed by atoms with Gasteiger partial charge in [-0.3, -0.25) is 9.59 Å². The van der Waals surface area contributed by atoms with E-state index in [1.165, 1.54) is 0 Å². The highest BCUT2D eigenvalue weighted by molar-refractivity contribution is 9.10. The van der Waals surface area contributed by atoms with Crippen LogP contribution < -0.4 is 0 Å². The number of nitrogens with zero attached hydrogens (tertiary/aromatic N) is 2. The minimum Gasteiger partial charge on any atom is -0.272 e. The summed E-state index contributed by atoms with van der Waals surface area (Å²) in [6, 6.07) is 5.81. The van der Waals surface area contributed by atoms with Gasteiger partial charge in [-0.15, -0.1) is 0 Å². The van der Waals surface area contributed by atoms with Crippen molar-refractivity contribution in [1.82, 2.24) is 5.01 Å². The molecule has 3 aliphatic rings. The van der Waals surface area contributed by atoms with Gasteiger partial charge in [-0.1, -0.05) is 40.2 Å². The lowest BCUT2D eigenvalue weighted by Gasteiger charge is -2.13. The third-order valence-electron chi connectivity index (χ3n) is 4.97. The van der Waals surface area contributed by atoms with Crippen LogP contribution in [0.15, 0.2) is 39.9 Å². The lowest BCUT2D eigenvalue weighted by atomic mass is 9.85. The van der Waals surface area contributed by atoms with Crippen LogP contribution in [-0.4, -0.2) is 23.0 Å². The molecule has 1 aliphatic heterocycles. The monoisotopic (exact) mass is 358 g/mol. The maximum Gasteiger partial charge on any atom is 0.254 e. The van der Waals surface area contributed by atoms with E-state index in [0.717, 1.165) is 27.0 Å². The van der Waals surface area contributed by atoms with E-state index >= 15 is 0 Å². The molecule has 4 rings (SSSR count). The third-order valence-corrected chi connectivity index (χ3v) is 5.82. The van der Waals surface area contributed by atoms with E-state index in [0.29, 0.717) is 0 Å². The SMILES string of the molecule is Cc1ccc(/C=N\N2C(=O)[C@H]3[C@H](C2=O)[C@H]2C=C[C@H]3C2)cc1Br. The molecule has 4 nitrogen and oxygen atoms in total. The number of benzene rings is 1. The summed E-state index contributed by atoms with van der Waals surface area (Å²) in [7, 11) is 0. The number of rotatable bonds is 2. The maximum absolute atomic E-state index is 12.5. The van der Waals surface area contributed by atoms with E-state index in [1.807, 2.05) is 25.1 Å². The van der Waals surface area contributed by atoms with Gasteiger partial charge < -0.3 is 0 Å². The summed E-state index contributed by atoms with van der Waals surface area (Å²) in [4.78, 5) is 25.0. The van der Waals surface area contributed by atoms with Crippen molar-refractivity contribution < 1.29 is 9.59 Å². The van der Waals surface area contributed by atoms with E-state index in [1.54, 1.807) is 6.21 Å². The second-order valence-corrected chi connectivity index (χ2v) is 7.10. The van der Waals surface area contributed by atoms with Crippen molar-refractivity contribution in [3.63, 3.8) is 0 Å². The van der Waals surface area contributed by atoms with E-state index in [2.05, 4.69) is 33.2 Å². The van der Waals surface area contributed by atoms with Crippen LogP contribution in [0.3, 0.4) is 0 Å². The summed E-state index contributed by atoms with van der Waals surface area (Å²) in [5.74, 6) is -0.224. The van der Waals surface area contributed by atoms with Gasteiger partial charge in [0, 0.05) is 4.47 Å². The van der Waals surface area contributed by atoms with E-state index in [4.69, 9.17) is 0 Å². The Labute approximate surface area is 137 Å². The Morgan fingerprint density at radius 1 is 1.18 bits per heavy atom. The topological polar surface area (TPSA) is 49.7 Å². The first-order valence-electron chi connectivity index (χ1n) is 7.42. The molecule has 0 N–H and O–H groups in total. The van der Waals surface area contributed by atoms with Gasteiger partial charge in [0.25, 0.3) is 11.8 Å². The fourth-order valence-electron chi connectivity index (χ4n) is 3.81. The zero-order valence-corrected chi connectivity index (χ0v) is 13.7. The molecule has 0 spiro atoms. The molecule has 0 aromatic heterocycles. The van der Waals surface area contributed by atoms with Gasteiger partial charge in [0.2, 0.25) is 0 Å². The molecule has 1 aromatic carbocycles. The predicted molar refractivity (Wildman–Crippen MR) is 86.0 cm³/mol. The van der Waals surface area contributed by atoms with Gasteiger partial charge in [-0.25, -0.2) is 0 Å². The van der Waals surface area contributed by atoms with Gasteiger partial charge in [-0.2, -0.15) is 10.1 Å². The smallest absolute Gasteiger partial charge is 0.254 e. The highest BCUT2D eigenvalue weighted by Crippen LogP contribution is 2.52. The fourth-order valence-corrected chi connectivity index (χ4v) is 4.21. The lowest BCUT2D eigenvalue weighted by molar-refractivity contribution is -0.140. The molecule has 4 atom stereocenters. The summed E-state index contributed by atoms with van der Waals surface area (Å²) < 4.78 is 0.981. The van der Waals surface area contributed by atoms with Crippen LogP contribution in [-0.2, 0) is 9.59 Å². The molecule has 0 unspecified atom stereocenters. The van der Waals surface area contributed by atoms with Crippen molar-refractivity contribution >= 4 is 34.0 Å². The largest absolute Gasteiger partial charge is 0.272 e. The number of aryl methyl sites for hydroxylation is 1. The molecular weight excluding hydrogens is 344 g/mol.